The van der Waals surface area contributed by atoms with Crippen molar-refractivity contribution < 1.29 is 38.1 Å². The predicted molar refractivity (Wildman–Crippen MR) is 154 cm³/mol. The van der Waals surface area contributed by atoms with E-state index in [1.165, 1.54) is 0 Å². The highest BCUT2D eigenvalue weighted by molar-refractivity contribution is 5.94. The Balaban J connectivity index is 1.51. The Morgan fingerprint density at radius 2 is 1.76 bits per heavy atom. The number of rotatable bonds is 9. The molecule has 42 heavy (non-hydrogen) atoms. The second-order valence-corrected chi connectivity index (χ2v) is 11.8. The van der Waals surface area contributed by atoms with E-state index < -0.39 is 47.4 Å². The van der Waals surface area contributed by atoms with Crippen LogP contribution in [-0.2, 0) is 35.2 Å². The summed E-state index contributed by atoms with van der Waals surface area (Å²) in [5.74, 6) is -2.14. The van der Waals surface area contributed by atoms with Gasteiger partial charge in [-0.15, -0.1) is 0 Å². The first kappa shape index (κ1) is 29.1. The van der Waals surface area contributed by atoms with Crippen molar-refractivity contribution >= 4 is 34.9 Å². The molecular weight excluding hydrogens is 538 g/mol. The third kappa shape index (κ3) is 6.25. The van der Waals surface area contributed by atoms with Crippen LogP contribution in [0.3, 0.4) is 0 Å². The lowest BCUT2D eigenvalue weighted by molar-refractivity contribution is -0.167. The van der Waals surface area contributed by atoms with Gasteiger partial charge < -0.3 is 28.6 Å². The fourth-order valence-electron chi connectivity index (χ4n) is 5.56. The smallest absolute Gasteiger partial charge is 0.314 e. The average Bonchev–Trinajstić information content (AvgIpc) is 3.59. The van der Waals surface area contributed by atoms with Crippen LogP contribution >= 0.6 is 0 Å². The van der Waals surface area contributed by atoms with Gasteiger partial charge in [0.2, 0.25) is 6.79 Å². The van der Waals surface area contributed by atoms with Crippen LogP contribution in [0, 0.1) is 5.92 Å². The van der Waals surface area contributed by atoms with Crippen LogP contribution in [0.5, 0.6) is 11.5 Å². The molecule has 2 heterocycles. The van der Waals surface area contributed by atoms with E-state index >= 15 is 0 Å². The molecule has 0 radical (unpaired) electrons. The zero-order chi connectivity index (χ0) is 30.0. The highest BCUT2D eigenvalue weighted by Gasteiger charge is 2.48. The zero-order valence-electron chi connectivity index (χ0n) is 24.2. The molecule has 2 aliphatic heterocycles. The molecule has 9 nitrogen and oxygen atoms in total. The summed E-state index contributed by atoms with van der Waals surface area (Å²) in [5, 5.41) is 2.07. The second-order valence-electron chi connectivity index (χ2n) is 11.8. The van der Waals surface area contributed by atoms with Gasteiger partial charge in [0, 0.05) is 24.9 Å². The number of amides is 1. The van der Waals surface area contributed by atoms with Gasteiger partial charge >= 0.3 is 11.9 Å². The van der Waals surface area contributed by atoms with E-state index in [0.29, 0.717) is 11.5 Å². The maximum Gasteiger partial charge on any atom is 0.314 e. The Bertz CT molecular complexity index is 1510. The van der Waals surface area contributed by atoms with Crippen LogP contribution in [-0.4, -0.2) is 53.6 Å². The number of hydrogen-bond donors (Lipinski definition) is 0. The van der Waals surface area contributed by atoms with Crippen molar-refractivity contribution in [1.82, 2.24) is 4.90 Å². The van der Waals surface area contributed by atoms with Gasteiger partial charge in [0.1, 0.15) is 17.8 Å². The second kappa shape index (κ2) is 11.8. The van der Waals surface area contributed by atoms with Crippen molar-refractivity contribution in [3.8, 4) is 11.5 Å². The third-order valence-corrected chi connectivity index (χ3v) is 7.66. The number of cyclic esters (lactones) is 1. The fraction of sp³-hybridized carbons (Fsp3) is 0.394. The predicted octanol–water partition coefficient (Wildman–Crippen LogP) is 4.93. The monoisotopic (exact) mass is 573 g/mol. The van der Waals surface area contributed by atoms with Crippen molar-refractivity contribution in [3.05, 3.63) is 71.8 Å². The lowest BCUT2D eigenvalue weighted by atomic mass is 9.87. The Morgan fingerprint density at radius 1 is 1.02 bits per heavy atom. The molecule has 0 spiro atoms. The fourth-order valence-corrected chi connectivity index (χ4v) is 5.56. The lowest BCUT2D eigenvalue weighted by Gasteiger charge is -2.36. The van der Waals surface area contributed by atoms with E-state index in [9.17, 15) is 19.2 Å². The van der Waals surface area contributed by atoms with Crippen LogP contribution in [0.1, 0.15) is 57.6 Å². The summed E-state index contributed by atoms with van der Waals surface area (Å²) >= 11 is 0. The highest BCUT2D eigenvalue weighted by Crippen LogP contribution is 2.38. The number of esters is 2. The van der Waals surface area contributed by atoms with Crippen LogP contribution < -0.4 is 9.47 Å². The van der Waals surface area contributed by atoms with Gasteiger partial charge in [0.05, 0.1) is 6.42 Å². The molecule has 0 aliphatic carbocycles. The van der Waals surface area contributed by atoms with E-state index in [1.54, 1.807) is 31.7 Å². The van der Waals surface area contributed by atoms with Gasteiger partial charge in [0.25, 0.3) is 5.91 Å². The Hall–Kier alpha value is -4.40. The molecule has 0 saturated carbocycles. The minimum Gasteiger partial charge on any atom is -0.460 e. The summed E-state index contributed by atoms with van der Waals surface area (Å²) < 4.78 is 22.0. The summed E-state index contributed by atoms with van der Waals surface area (Å²) in [6.07, 6.45) is -0.640. The van der Waals surface area contributed by atoms with Gasteiger partial charge in [-0.05, 0) is 67.8 Å². The molecule has 0 unspecified atom stereocenters. The molecule has 0 aromatic heterocycles. The number of benzene rings is 3. The highest BCUT2D eigenvalue weighted by atomic mass is 16.7. The topological polar surface area (TPSA) is 108 Å². The Labute approximate surface area is 244 Å². The van der Waals surface area contributed by atoms with Gasteiger partial charge in [-0.1, -0.05) is 42.5 Å². The van der Waals surface area contributed by atoms with Crippen molar-refractivity contribution in [2.45, 2.75) is 70.7 Å². The number of ether oxygens (including phenoxy) is 4. The molecule has 3 aromatic carbocycles. The number of hydrogen-bond acceptors (Lipinski definition) is 8. The average molecular weight is 574 g/mol. The molecule has 1 saturated heterocycles. The molecule has 220 valence electrons. The Kier molecular flexibility index (Phi) is 8.20. The van der Waals surface area contributed by atoms with Crippen LogP contribution in [0.4, 0.5) is 0 Å². The summed E-state index contributed by atoms with van der Waals surface area (Å²) in [6.45, 7) is 7.31. The number of nitrogens with zero attached hydrogens (tertiary/aromatic N) is 1. The Morgan fingerprint density at radius 3 is 2.50 bits per heavy atom. The van der Waals surface area contributed by atoms with Crippen molar-refractivity contribution in [3.63, 3.8) is 0 Å². The molecule has 4 atom stereocenters. The maximum atomic E-state index is 14.3. The standard InChI is InChI=1S/C33H35NO8/c1-20(25(13-14-35)24-11-12-27-28(16-24)40-19-39-27)34(18-21-9-10-22-7-5-6-8-23(22)15-21)31(37)30-26(17-29(36)41-30)32(38)42-33(2,3)4/h5-12,14-16,20,25-26,30H,13,17-19H2,1-4H3/t20-,25+,26+,30+/m1/s1. The quantitative estimate of drug-likeness (QED) is 0.262. The molecule has 2 aliphatic rings. The molecule has 5 rings (SSSR count). The van der Waals surface area contributed by atoms with E-state index in [1.807, 2.05) is 61.5 Å². The first-order chi connectivity index (χ1) is 20.0. The molecule has 0 N–H and O–H groups in total. The van der Waals surface area contributed by atoms with Crippen molar-refractivity contribution in [1.29, 1.82) is 0 Å². The summed E-state index contributed by atoms with van der Waals surface area (Å²) in [4.78, 5) is 53.3. The molecule has 0 bridgehead atoms. The number of carbonyl (C=O) groups is 4. The van der Waals surface area contributed by atoms with Gasteiger partial charge in [-0.2, -0.15) is 0 Å². The maximum absolute atomic E-state index is 14.3. The molecule has 9 heteroatoms. The minimum absolute atomic E-state index is 0.109. The third-order valence-electron chi connectivity index (χ3n) is 7.66. The van der Waals surface area contributed by atoms with Gasteiger partial charge in [-0.25, -0.2) is 0 Å². The van der Waals surface area contributed by atoms with E-state index in [0.717, 1.165) is 28.2 Å². The first-order valence-corrected chi connectivity index (χ1v) is 14.1. The van der Waals surface area contributed by atoms with Crippen molar-refractivity contribution in [2.24, 2.45) is 5.92 Å². The van der Waals surface area contributed by atoms with Crippen molar-refractivity contribution in [2.75, 3.05) is 6.79 Å². The summed E-state index contributed by atoms with van der Waals surface area (Å²) in [7, 11) is 0. The van der Waals surface area contributed by atoms with E-state index in [4.69, 9.17) is 18.9 Å². The minimum atomic E-state index is -1.34. The number of fused-ring (bicyclic) bond motifs is 2. The van der Waals surface area contributed by atoms with Gasteiger partial charge in [-0.3, -0.25) is 14.4 Å². The van der Waals surface area contributed by atoms with Crippen LogP contribution in [0.15, 0.2) is 60.7 Å². The van der Waals surface area contributed by atoms with Crippen LogP contribution in [0.25, 0.3) is 10.8 Å². The van der Waals surface area contributed by atoms with Crippen LogP contribution in [0.2, 0.25) is 0 Å². The summed E-state index contributed by atoms with van der Waals surface area (Å²) in [5.41, 5.74) is 0.841. The lowest BCUT2D eigenvalue weighted by Crippen LogP contribution is -2.49. The normalized spacial score (nSPS) is 19.2. The molecule has 1 fully saturated rings. The number of carbonyl (C=O) groups excluding carboxylic acids is 4. The number of aldehydes is 1. The zero-order valence-corrected chi connectivity index (χ0v) is 24.2. The molecule has 3 aromatic rings. The largest absolute Gasteiger partial charge is 0.460 e. The van der Waals surface area contributed by atoms with E-state index in [-0.39, 0.29) is 26.2 Å². The SMILES string of the molecule is C[C@H]([C@H](CC=O)c1ccc2c(c1)OCO2)N(Cc1ccc2ccccc2c1)C(=O)[C@H]1OC(=O)C[C@@H]1C(=O)OC(C)(C)C. The molecule has 1 amide bonds. The van der Waals surface area contributed by atoms with E-state index in [2.05, 4.69) is 0 Å². The van der Waals surface area contributed by atoms with Gasteiger partial charge in [0.15, 0.2) is 17.6 Å². The first-order valence-electron chi connectivity index (χ1n) is 14.1. The molecular formula is C33H35NO8. The summed E-state index contributed by atoms with van der Waals surface area (Å²) in [6, 6.07) is 18.8.